The van der Waals surface area contributed by atoms with Crippen LogP contribution < -0.4 is 10.2 Å². The molecule has 0 fully saturated rings. The highest BCUT2D eigenvalue weighted by Crippen LogP contribution is 2.35. The van der Waals surface area contributed by atoms with E-state index in [1.807, 2.05) is 11.9 Å². The lowest BCUT2D eigenvalue weighted by molar-refractivity contribution is -0.117. The average Bonchev–Trinajstić information content (AvgIpc) is 2.67. The number of rotatable bonds is 3. The summed E-state index contributed by atoms with van der Waals surface area (Å²) in [4.78, 5) is 27.5. The average molecular weight is 251 g/mol. The highest BCUT2D eigenvalue weighted by molar-refractivity contribution is 6.09. The summed E-state index contributed by atoms with van der Waals surface area (Å²) >= 11 is 0. The minimum absolute atomic E-state index is 0.0215. The highest BCUT2D eigenvalue weighted by atomic mass is 16.4. The van der Waals surface area contributed by atoms with Crippen molar-refractivity contribution in [2.24, 2.45) is 5.92 Å². The van der Waals surface area contributed by atoms with E-state index in [9.17, 15) is 9.59 Å². The molecule has 1 aromatic heterocycles. The van der Waals surface area contributed by atoms with Crippen LogP contribution in [0.1, 0.15) is 30.8 Å². The minimum Gasteiger partial charge on any atom is -0.477 e. The largest absolute Gasteiger partial charge is 0.477 e. The molecule has 6 heteroatoms. The smallest absolute Gasteiger partial charge is 0.354 e. The third kappa shape index (κ3) is 1.94. The van der Waals surface area contributed by atoms with E-state index in [4.69, 9.17) is 5.11 Å². The second-order valence-corrected chi connectivity index (χ2v) is 4.97. The number of nitrogens with zero attached hydrogens (tertiary/aromatic N) is 1. The molecule has 0 bridgehead atoms. The number of aromatic nitrogens is 1. The first-order chi connectivity index (χ1) is 8.41. The number of carbonyl (C=O) groups excluding carboxylic acids is 1. The SMILES string of the molecule is CC(C)C[C@@H]1C(=O)Nc2c(c[nH]c2C(=O)O)N1C. The van der Waals surface area contributed by atoms with Crippen LogP contribution in [-0.2, 0) is 4.79 Å². The molecule has 1 aromatic rings. The van der Waals surface area contributed by atoms with E-state index in [0.717, 1.165) is 12.1 Å². The van der Waals surface area contributed by atoms with Crippen LogP contribution in [0, 0.1) is 5.92 Å². The Morgan fingerprint density at radius 3 is 2.78 bits per heavy atom. The second-order valence-electron chi connectivity index (χ2n) is 4.97. The first-order valence-corrected chi connectivity index (χ1v) is 5.90. The third-order valence-corrected chi connectivity index (χ3v) is 3.17. The molecule has 0 aromatic carbocycles. The lowest BCUT2D eigenvalue weighted by Gasteiger charge is -2.34. The number of anilines is 2. The molecule has 18 heavy (non-hydrogen) atoms. The molecule has 0 saturated carbocycles. The molecule has 0 aliphatic carbocycles. The van der Waals surface area contributed by atoms with Crippen LogP contribution >= 0.6 is 0 Å². The molecule has 3 N–H and O–H groups in total. The van der Waals surface area contributed by atoms with Crippen LogP contribution in [0.4, 0.5) is 11.4 Å². The molecular weight excluding hydrogens is 234 g/mol. The number of hydrogen-bond donors (Lipinski definition) is 3. The van der Waals surface area contributed by atoms with Crippen molar-refractivity contribution in [3.8, 4) is 0 Å². The fourth-order valence-electron chi connectivity index (χ4n) is 2.25. The van der Waals surface area contributed by atoms with Crippen LogP contribution in [0.5, 0.6) is 0 Å². The number of carboxylic acid groups (broad SMARTS) is 1. The first kappa shape index (κ1) is 12.5. The molecule has 0 unspecified atom stereocenters. The highest BCUT2D eigenvalue weighted by Gasteiger charge is 2.34. The number of aromatic carboxylic acids is 1. The van der Waals surface area contributed by atoms with Crippen molar-refractivity contribution in [1.82, 2.24) is 4.98 Å². The Hall–Kier alpha value is -1.98. The lowest BCUT2D eigenvalue weighted by atomic mass is 9.99. The van der Waals surface area contributed by atoms with Gasteiger partial charge in [0.1, 0.15) is 6.04 Å². The number of amides is 1. The normalized spacial score (nSPS) is 18.8. The molecule has 2 heterocycles. The number of likely N-dealkylation sites (N-methyl/N-ethyl adjacent to an activating group) is 1. The van der Waals surface area contributed by atoms with Gasteiger partial charge in [-0.05, 0) is 12.3 Å². The number of carboxylic acids is 1. The monoisotopic (exact) mass is 251 g/mol. The number of carbonyl (C=O) groups is 2. The molecule has 2 rings (SSSR count). The number of H-pyrrole nitrogens is 1. The van der Waals surface area contributed by atoms with Gasteiger partial charge in [0.15, 0.2) is 5.69 Å². The first-order valence-electron chi connectivity index (χ1n) is 5.90. The second kappa shape index (κ2) is 4.36. The fraction of sp³-hybridized carbons (Fsp3) is 0.500. The van der Waals surface area contributed by atoms with Crippen molar-refractivity contribution >= 4 is 23.3 Å². The van der Waals surface area contributed by atoms with Crippen molar-refractivity contribution < 1.29 is 14.7 Å². The topological polar surface area (TPSA) is 85.4 Å². The van der Waals surface area contributed by atoms with Crippen LogP contribution in [0.25, 0.3) is 0 Å². The Morgan fingerprint density at radius 2 is 2.22 bits per heavy atom. The number of aromatic amines is 1. The Labute approximate surface area is 105 Å². The Morgan fingerprint density at radius 1 is 1.56 bits per heavy atom. The van der Waals surface area contributed by atoms with Gasteiger partial charge in [-0.2, -0.15) is 0 Å². The Balaban J connectivity index is 2.36. The summed E-state index contributed by atoms with van der Waals surface area (Å²) in [6.07, 6.45) is 2.35. The molecule has 1 aliphatic heterocycles. The quantitative estimate of drug-likeness (QED) is 0.760. The number of nitrogens with one attached hydrogen (secondary N) is 2. The number of fused-ring (bicyclic) bond motifs is 1. The zero-order chi connectivity index (χ0) is 13.4. The minimum atomic E-state index is -1.08. The molecule has 98 valence electrons. The molecule has 1 atom stereocenters. The van der Waals surface area contributed by atoms with Gasteiger partial charge in [0.25, 0.3) is 0 Å². The van der Waals surface area contributed by atoms with Gasteiger partial charge in [-0.15, -0.1) is 0 Å². The van der Waals surface area contributed by atoms with E-state index in [-0.39, 0.29) is 17.6 Å². The lowest BCUT2D eigenvalue weighted by Crippen LogP contribution is -2.46. The van der Waals surface area contributed by atoms with E-state index in [2.05, 4.69) is 24.1 Å². The molecule has 0 radical (unpaired) electrons. The fourth-order valence-corrected chi connectivity index (χ4v) is 2.25. The summed E-state index contributed by atoms with van der Waals surface area (Å²) in [5.41, 5.74) is 1.10. The van der Waals surface area contributed by atoms with Gasteiger partial charge >= 0.3 is 5.97 Å². The van der Waals surface area contributed by atoms with Gasteiger partial charge < -0.3 is 20.3 Å². The van der Waals surface area contributed by atoms with Crippen LogP contribution in [0.15, 0.2) is 6.20 Å². The predicted molar refractivity (Wildman–Crippen MR) is 68.0 cm³/mol. The summed E-state index contributed by atoms with van der Waals surface area (Å²) < 4.78 is 0. The zero-order valence-corrected chi connectivity index (χ0v) is 10.7. The molecule has 1 aliphatic rings. The summed E-state index contributed by atoms with van der Waals surface area (Å²) in [6, 6.07) is -0.255. The molecule has 0 spiro atoms. The maximum absolute atomic E-state index is 12.0. The van der Waals surface area contributed by atoms with Gasteiger partial charge in [0.05, 0.1) is 11.4 Å². The van der Waals surface area contributed by atoms with E-state index >= 15 is 0 Å². The predicted octanol–water partition coefficient (Wildman–Crippen LogP) is 1.52. The van der Waals surface area contributed by atoms with Crippen LogP contribution in [-0.4, -0.2) is 35.1 Å². The van der Waals surface area contributed by atoms with E-state index in [1.54, 1.807) is 6.20 Å². The van der Waals surface area contributed by atoms with Crippen molar-refractivity contribution in [1.29, 1.82) is 0 Å². The third-order valence-electron chi connectivity index (χ3n) is 3.17. The van der Waals surface area contributed by atoms with Crippen molar-refractivity contribution in [2.45, 2.75) is 26.3 Å². The van der Waals surface area contributed by atoms with Gasteiger partial charge in [-0.25, -0.2) is 4.79 Å². The zero-order valence-electron chi connectivity index (χ0n) is 10.7. The summed E-state index contributed by atoms with van der Waals surface area (Å²) in [6.45, 7) is 4.10. The Kier molecular flexibility index (Phi) is 3.02. The van der Waals surface area contributed by atoms with E-state index < -0.39 is 5.97 Å². The standard InChI is InChI=1S/C12H17N3O3/c1-6(2)4-7-11(16)14-9-8(15(7)3)5-13-10(9)12(17)18/h5-7,13H,4H2,1-3H3,(H,14,16)(H,17,18)/t7-/m1/s1. The number of hydrogen-bond acceptors (Lipinski definition) is 3. The van der Waals surface area contributed by atoms with Gasteiger partial charge in [0, 0.05) is 13.2 Å². The van der Waals surface area contributed by atoms with Crippen molar-refractivity contribution in [3.63, 3.8) is 0 Å². The van der Waals surface area contributed by atoms with E-state index in [0.29, 0.717) is 11.6 Å². The Bertz CT molecular complexity index is 493. The van der Waals surface area contributed by atoms with Gasteiger partial charge in [-0.3, -0.25) is 4.79 Å². The van der Waals surface area contributed by atoms with Gasteiger partial charge in [-0.1, -0.05) is 13.8 Å². The molecule has 6 nitrogen and oxygen atoms in total. The molecule has 0 saturated heterocycles. The maximum atomic E-state index is 12.0. The van der Waals surface area contributed by atoms with Crippen LogP contribution in [0.2, 0.25) is 0 Å². The van der Waals surface area contributed by atoms with Crippen LogP contribution in [0.3, 0.4) is 0 Å². The van der Waals surface area contributed by atoms with Crippen molar-refractivity contribution in [2.75, 3.05) is 17.3 Å². The van der Waals surface area contributed by atoms with Crippen molar-refractivity contribution in [3.05, 3.63) is 11.9 Å². The summed E-state index contributed by atoms with van der Waals surface area (Å²) in [7, 11) is 1.81. The summed E-state index contributed by atoms with van der Waals surface area (Å²) in [5, 5.41) is 11.7. The van der Waals surface area contributed by atoms with E-state index in [1.165, 1.54) is 0 Å². The summed E-state index contributed by atoms with van der Waals surface area (Å²) in [5.74, 6) is -0.837. The maximum Gasteiger partial charge on any atom is 0.354 e. The van der Waals surface area contributed by atoms with Gasteiger partial charge in [0.2, 0.25) is 5.91 Å². The molecule has 1 amide bonds. The molecular formula is C12H17N3O3.